The number of rotatable bonds is 3. The second kappa shape index (κ2) is 6.94. The number of nitrogens with zero attached hydrogens (tertiary/aromatic N) is 5. The first-order valence-corrected chi connectivity index (χ1v) is 10.1. The second-order valence-electron chi connectivity index (χ2n) is 6.95. The van der Waals surface area contributed by atoms with Crippen LogP contribution in [-0.2, 0) is 23.8 Å². The van der Waals surface area contributed by atoms with E-state index in [4.69, 9.17) is 0 Å². The topological polar surface area (TPSA) is 79.2 Å². The largest absolute Gasteiger partial charge is 0.434 e. The third kappa shape index (κ3) is 3.24. The van der Waals surface area contributed by atoms with Crippen molar-refractivity contribution in [2.24, 2.45) is 0 Å². The second-order valence-corrected chi connectivity index (χ2v) is 7.89. The van der Waals surface area contributed by atoms with Crippen LogP contribution in [0.3, 0.4) is 0 Å². The number of aromatic amines is 1. The molecule has 4 aromatic rings. The molecule has 5 heterocycles. The summed E-state index contributed by atoms with van der Waals surface area (Å²) in [6.45, 7) is 0.407. The molecule has 1 atom stereocenters. The summed E-state index contributed by atoms with van der Waals surface area (Å²) in [6.07, 6.45) is -0.752. The Morgan fingerprint density at radius 3 is 2.97 bits per heavy atom. The van der Waals surface area contributed by atoms with Crippen molar-refractivity contribution in [1.82, 2.24) is 29.5 Å². The van der Waals surface area contributed by atoms with Gasteiger partial charge in [-0.1, -0.05) is 6.07 Å². The van der Waals surface area contributed by atoms with Gasteiger partial charge in [0.05, 0.1) is 29.7 Å². The maximum absolute atomic E-state index is 13.1. The highest BCUT2D eigenvalue weighted by molar-refractivity contribution is 7.09. The smallest absolute Gasteiger partial charge is 0.348 e. The molecule has 7 nitrogen and oxygen atoms in total. The molecule has 1 aliphatic heterocycles. The number of thiazole rings is 1. The van der Waals surface area contributed by atoms with E-state index >= 15 is 0 Å². The minimum atomic E-state index is -4.52. The minimum absolute atomic E-state index is 0.133. The first-order chi connectivity index (χ1) is 14.4. The maximum Gasteiger partial charge on any atom is 0.434 e. The van der Waals surface area contributed by atoms with Crippen molar-refractivity contribution in [3.05, 3.63) is 70.0 Å². The molecule has 0 spiro atoms. The zero-order valence-electron chi connectivity index (χ0n) is 15.4. The molecule has 0 saturated carbocycles. The summed E-state index contributed by atoms with van der Waals surface area (Å²) in [6, 6.07) is 7.03. The van der Waals surface area contributed by atoms with Crippen LogP contribution in [0, 0.1) is 0 Å². The number of amides is 1. The number of nitrogens with one attached hydrogen (secondary N) is 1. The number of carbonyl (C=O) groups excluding carboxylic acids is 1. The number of hydrogen-bond donors (Lipinski definition) is 1. The highest BCUT2D eigenvalue weighted by atomic mass is 32.1. The Morgan fingerprint density at radius 1 is 1.33 bits per heavy atom. The Hall–Kier alpha value is -3.21. The van der Waals surface area contributed by atoms with Gasteiger partial charge in [-0.3, -0.25) is 4.79 Å². The quantitative estimate of drug-likeness (QED) is 0.539. The molecule has 4 aromatic heterocycles. The number of pyridine rings is 1. The van der Waals surface area contributed by atoms with Gasteiger partial charge in [0.15, 0.2) is 5.69 Å². The molecule has 1 aliphatic rings. The van der Waals surface area contributed by atoms with Gasteiger partial charge in [0, 0.05) is 30.2 Å². The van der Waals surface area contributed by atoms with E-state index in [2.05, 4.69) is 20.1 Å². The van der Waals surface area contributed by atoms with Crippen molar-refractivity contribution in [1.29, 1.82) is 0 Å². The lowest BCUT2D eigenvalue weighted by Gasteiger charge is -2.33. The molecule has 30 heavy (non-hydrogen) atoms. The van der Waals surface area contributed by atoms with E-state index in [0.717, 1.165) is 27.9 Å². The van der Waals surface area contributed by atoms with E-state index in [-0.39, 0.29) is 17.3 Å². The Morgan fingerprint density at radius 2 is 2.20 bits per heavy atom. The van der Waals surface area contributed by atoms with Crippen LogP contribution >= 0.6 is 11.3 Å². The van der Waals surface area contributed by atoms with Crippen LogP contribution in [0.5, 0.6) is 0 Å². The van der Waals surface area contributed by atoms with Gasteiger partial charge < -0.3 is 9.88 Å². The molecule has 1 amide bonds. The van der Waals surface area contributed by atoms with Crippen LogP contribution in [0.15, 0.2) is 42.2 Å². The van der Waals surface area contributed by atoms with Gasteiger partial charge >= 0.3 is 6.18 Å². The van der Waals surface area contributed by atoms with Crippen molar-refractivity contribution in [3.8, 4) is 0 Å². The summed E-state index contributed by atoms with van der Waals surface area (Å²) in [7, 11) is 0. The summed E-state index contributed by atoms with van der Waals surface area (Å²) >= 11 is 0.837. The minimum Gasteiger partial charge on any atom is -0.348 e. The van der Waals surface area contributed by atoms with E-state index in [0.29, 0.717) is 24.4 Å². The monoisotopic (exact) mass is 432 g/mol. The van der Waals surface area contributed by atoms with Crippen molar-refractivity contribution in [2.45, 2.75) is 25.1 Å². The molecule has 0 aliphatic carbocycles. The molecule has 0 aromatic carbocycles. The van der Waals surface area contributed by atoms with Crippen molar-refractivity contribution in [3.63, 3.8) is 0 Å². The molecule has 0 saturated heterocycles. The third-order valence-electron chi connectivity index (χ3n) is 5.06. The van der Waals surface area contributed by atoms with E-state index in [9.17, 15) is 18.0 Å². The summed E-state index contributed by atoms with van der Waals surface area (Å²) in [4.78, 5) is 25.8. The van der Waals surface area contributed by atoms with Gasteiger partial charge in [0.1, 0.15) is 11.0 Å². The molecule has 154 valence electrons. The first-order valence-electron chi connectivity index (χ1n) is 9.17. The summed E-state index contributed by atoms with van der Waals surface area (Å²) in [5, 5.41) is 5.67. The third-order valence-corrected chi connectivity index (χ3v) is 5.91. The number of fused-ring (bicyclic) bond motifs is 2. The molecular formula is C19H15F3N6OS. The molecule has 1 N–H and O–H groups in total. The summed E-state index contributed by atoms with van der Waals surface area (Å²) < 4.78 is 40.2. The number of hydrogen-bond acceptors (Lipinski definition) is 5. The molecule has 0 bridgehead atoms. The number of halogens is 3. The summed E-state index contributed by atoms with van der Waals surface area (Å²) in [5.74, 6) is -0.311. The lowest BCUT2D eigenvalue weighted by molar-refractivity contribution is -0.141. The van der Waals surface area contributed by atoms with Gasteiger partial charge in [0.2, 0.25) is 5.91 Å². The Balaban J connectivity index is 1.48. The van der Waals surface area contributed by atoms with E-state index in [1.54, 1.807) is 15.7 Å². The van der Waals surface area contributed by atoms with E-state index in [1.165, 1.54) is 0 Å². The predicted octanol–water partition coefficient (Wildman–Crippen LogP) is 3.25. The van der Waals surface area contributed by atoms with Crippen LogP contribution in [0.2, 0.25) is 0 Å². The van der Waals surface area contributed by atoms with E-state index in [1.807, 2.05) is 30.5 Å². The average molecular weight is 432 g/mol. The zero-order chi connectivity index (χ0) is 20.9. The fraction of sp³-hybridized carbons (Fsp3) is 0.263. The number of alkyl halides is 3. The Kier molecular flexibility index (Phi) is 4.35. The Labute approximate surface area is 172 Å². The van der Waals surface area contributed by atoms with Crippen LogP contribution in [0.4, 0.5) is 13.2 Å². The van der Waals surface area contributed by atoms with Crippen LogP contribution in [0.25, 0.3) is 5.52 Å². The molecule has 0 fully saturated rings. The van der Waals surface area contributed by atoms with Gasteiger partial charge in [-0.25, -0.2) is 14.5 Å². The average Bonchev–Trinajstić information content (AvgIpc) is 3.44. The number of aromatic nitrogens is 5. The Bertz CT molecular complexity index is 1190. The number of imidazole rings is 1. The fourth-order valence-corrected chi connectivity index (χ4v) is 4.48. The van der Waals surface area contributed by atoms with Crippen molar-refractivity contribution >= 4 is 22.8 Å². The summed E-state index contributed by atoms with van der Waals surface area (Å²) in [5.41, 5.74) is 2.18. The van der Waals surface area contributed by atoms with Crippen LogP contribution in [-0.4, -0.2) is 41.9 Å². The standard InChI is InChI=1S/C19H15F3N6OS/c20-19(21,22)14-9-30-15(25-14)8-16(29)27-6-4-12-17(24-10-23-12)18(27)13-7-11-3-1-2-5-28(11)26-13/h1-3,5,7,9-10,18H,4,6,8H2,(H,23,24). The maximum atomic E-state index is 13.1. The highest BCUT2D eigenvalue weighted by Gasteiger charge is 2.37. The van der Waals surface area contributed by atoms with Crippen molar-refractivity contribution in [2.75, 3.05) is 6.54 Å². The molecule has 11 heteroatoms. The van der Waals surface area contributed by atoms with Crippen LogP contribution in [0.1, 0.15) is 33.8 Å². The fourth-order valence-electron chi connectivity index (χ4n) is 3.69. The molecule has 0 radical (unpaired) electrons. The van der Waals surface area contributed by atoms with Gasteiger partial charge in [-0.2, -0.15) is 18.3 Å². The first kappa shape index (κ1) is 18.8. The van der Waals surface area contributed by atoms with E-state index < -0.39 is 17.9 Å². The lowest BCUT2D eigenvalue weighted by atomic mass is 9.99. The zero-order valence-corrected chi connectivity index (χ0v) is 16.2. The van der Waals surface area contributed by atoms with Crippen LogP contribution < -0.4 is 0 Å². The SMILES string of the molecule is O=C(Cc1nc(C(F)(F)F)cs1)N1CCc2[nH]cnc2C1c1cc2ccccn2n1. The molecule has 5 rings (SSSR count). The predicted molar refractivity (Wildman–Crippen MR) is 102 cm³/mol. The normalized spacial score (nSPS) is 16.8. The number of H-pyrrole nitrogens is 1. The lowest BCUT2D eigenvalue weighted by Crippen LogP contribution is -2.41. The highest BCUT2D eigenvalue weighted by Crippen LogP contribution is 2.34. The molecule has 1 unspecified atom stereocenters. The van der Waals surface area contributed by atoms with Crippen molar-refractivity contribution < 1.29 is 18.0 Å². The van der Waals surface area contributed by atoms with Gasteiger partial charge in [-0.15, -0.1) is 11.3 Å². The van der Waals surface area contributed by atoms with Gasteiger partial charge in [0.25, 0.3) is 0 Å². The number of carbonyl (C=O) groups is 1. The van der Waals surface area contributed by atoms with Gasteiger partial charge in [-0.05, 0) is 18.2 Å². The molecular weight excluding hydrogens is 417 g/mol.